The Kier molecular flexibility index (Phi) is 3.79. The molecular weight excluding hydrogens is 278 g/mol. The van der Waals surface area contributed by atoms with Crippen LogP contribution >= 0.6 is 15.9 Å². The van der Waals surface area contributed by atoms with Crippen LogP contribution in [0.4, 0.5) is 0 Å². The van der Waals surface area contributed by atoms with Crippen LogP contribution in [0.5, 0.6) is 5.75 Å². The lowest BCUT2D eigenvalue weighted by molar-refractivity contribution is 0.295. The molecule has 0 aliphatic heterocycles. The van der Waals surface area contributed by atoms with Gasteiger partial charge in [0.2, 0.25) is 0 Å². The van der Waals surface area contributed by atoms with E-state index in [0.29, 0.717) is 0 Å². The molecule has 0 aromatic heterocycles. The molecule has 2 rings (SSSR count). The van der Waals surface area contributed by atoms with Gasteiger partial charge in [-0.25, -0.2) is 0 Å². The zero-order valence-electron chi connectivity index (χ0n) is 10.5. The number of hydrogen-bond acceptors (Lipinski definition) is 2. The van der Waals surface area contributed by atoms with E-state index in [1.165, 1.54) is 18.4 Å². The maximum atomic E-state index is 6.08. The van der Waals surface area contributed by atoms with Crippen LogP contribution in [-0.4, -0.2) is 12.1 Å². The summed E-state index contributed by atoms with van der Waals surface area (Å²) in [5.74, 6) is 1.76. The normalized spacial score (nSPS) is 16.0. The van der Waals surface area contributed by atoms with Crippen LogP contribution in [0.1, 0.15) is 32.3 Å². The molecule has 0 spiro atoms. The molecular formula is C14H20BrNO. The molecule has 0 unspecified atom stereocenters. The van der Waals surface area contributed by atoms with E-state index in [1.54, 1.807) is 0 Å². The van der Waals surface area contributed by atoms with Gasteiger partial charge in [-0.3, -0.25) is 0 Å². The minimum Gasteiger partial charge on any atom is -0.493 e. The number of nitrogens with two attached hydrogens (primary N) is 1. The molecule has 0 atom stereocenters. The fourth-order valence-electron chi connectivity index (χ4n) is 1.81. The summed E-state index contributed by atoms with van der Waals surface area (Å²) < 4.78 is 6.96. The van der Waals surface area contributed by atoms with Crippen LogP contribution in [0.3, 0.4) is 0 Å². The van der Waals surface area contributed by atoms with Crippen LogP contribution in [0.2, 0.25) is 0 Å². The third kappa shape index (κ3) is 4.32. The standard InChI is InChI=1S/C14H20BrNO/c1-14(2,16)8-11-7-12(15)5-6-13(11)17-9-10-3-4-10/h5-7,10H,3-4,8-9,16H2,1-2H3. The predicted molar refractivity (Wildman–Crippen MR) is 74.3 cm³/mol. The Morgan fingerprint density at radius 1 is 1.41 bits per heavy atom. The van der Waals surface area contributed by atoms with E-state index in [4.69, 9.17) is 10.5 Å². The molecule has 0 bridgehead atoms. The van der Waals surface area contributed by atoms with Crippen molar-refractivity contribution in [3.8, 4) is 5.75 Å². The summed E-state index contributed by atoms with van der Waals surface area (Å²) in [6, 6.07) is 6.17. The Morgan fingerprint density at radius 3 is 2.71 bits per heavy atom. The Labute approximate surface area is 112 Å². The van der Waals surface area contributed by atoms with E-state index in [-0.39, 0.29) is 5.54 Å². The number of ether oxygens (including phenoxy) is 1. The van der Waals surface area contributed by atoms with Crippen LogP contribution in [-0.2, 0) is 6.42 Å². The highest BCUT2D eigenvalue weighted by molar-refractivity contribution is 9.10. The molecule has 1 aromatic carbocycles. The number of halogens is 1. The summed E-state index contributed by atoms with van der Waals surface area (Å²) in [5, 5.41) is 0. The molecule has 3 heteroatoms. The van der Waals surface area contributed by atoms with Crippen molar-refractivity contribution >= 4 is 15.9 Å². The number of benzene rings is 1. The molecule has 0 saturated heterocycles. The number of rotatable bonds is 5. The SMILES string of the molecule is CC(C)(N)Cc1cc(Br)ccc1OCC1CC1. The highest BCUT2D eigenvalue weighted by Gasteiger charge is 2.23. The van der Waals surface area contributed by atoms with Gasteiger partial charge in [-0.2, -0.15) is 0 Å². The zero-order valence-corrected chi connectivity index (χ0v) is 12.1. The molecule has 0 heterocycles. The lowest BCUT2D eigenvalue weighted by atomic mass is 9.96. The molecule has 1 aliphatic rings. The Hall–Kier alpha value is -0.540. The van der Waals surface area contributed by atoms with E-state index < -0.39 is 0 Å². The van der Waals surface area contributed by atoms with Crippen molar-refractivity contribution in [1.29, 1.82) is 0 Å². The molecule has 2 nitrogen and oxygen atoms in total. The quantitative estimate of drug-likeness (QED) is 0.902. The van der Waals surface area contributed by atoms with E-state index in [9.17, 15) is 0 Å². The second-order valence-corrected chi connectivity index (χ2v) is 6.59. The third-order valence-electron chi connectivity index (χ3n) is 2.84. The van der Waals surface area contributed by atoms with Crippen molar-refractivity contribution in [2.75, 3.05) is 6.61 Å². The summed E-state index contributed by atoms with van der Waals surface area (Å²) in [7, 11) is 0. The summed E-state index contributed by atoms with van der Waals surface area (Å²) in [4.78, 5) is 0. The van der Waals surface area contributed by atoms with Gasteiger partial charge in [0.25, 0.3) is 0 Å². The third-order valence-corrected chi connectivity index (χ3v) is 3.33. The first-order valence-corrected chi connectivity index (χ1v) is 6.93. The second kappa shape index (κ2) is 4.99. The molecule has 2 N–H and O–H groups in total. The Morgan fingerprint density at radius 2 is 2.12 bits per heavy atom. The van der Waals surface area contributed by atoms with Gasteiger partial charge in [0.1, 0.15) is 5.75 Å². The van der Waals surface area contributed by atoms with Crippen LogP contribution in [0.15, 0.2) is 22.7 Å². The van der Waals surface area contributed by atoms with Crippen LogP contribution in [0, 0.1) is 5.92 Å². The summed E-state index contributed by atoms with van der Waals surface area (Å²) in [5.41, 5.74) is 7.06. The smallest absolute Gasteiger partial charge is 0.122 e. The average molecular weight is 298 g/mol. The molecule has 94 valence electrons. The second-order valence-electron chi connectivity index (χ2n) is 5.67. The van der Waals surface area contributed by atoms with Crippen molar-refractivity contribution in [3.63, 3.8) is 0 Å². The topological polar surface area (TPSA) is 35.2 Å². The minimum absolute atomic E-state index is 0.210. The molecule has 0 amide bonds. The maximum Gasteiger partial charge on any atom is 0.122 e. The van der Waals surface area contributed by atoms with Gasteiger partial charge in [0, 0.05) is 10.0 Å². The van der Waals surface area contributed by atoms with Gasteiger partial charge in [-0.1, -0.05) is 15.9 Å². The van der Waals surface area contributed by atoms with Crippen LogP contribution in [0.25, 0.3) is 0 Å². The fourth-order valence-corrected chi connectivity index (χ4v) is 2.22. The van der Waals surface area contributed by atoms with Gasteiger partial charge < -0.3 is 10.5 Å². The molecule has 1 saturated carbocycles. The van der Waals surface area contributed by atoms with Crippen molar-refractivity contribution < 1.29 is 4.74 Å². The largest absolute Gasteiger partial charge is 0.493 e. The highest BCUT2D eigenvalue weighted by atomic mass is 79.9. The first kappa shape index (κ1) is 12.9. The van der Waals surface area contributed by atoms with Crippen molar-refractivity contribution in [3.05, 3.63) is 28.2 Å². The van der Waals surface area contributed by atoms with Gasteiger partial charge in [-0.05, 0) is 62.8 Å². The monoisotopic (exact) mass is 297 g/mol. The van der Waals surface area contributed by atoms with Crippen molar-refractivity contribution in [2.45, 2.75) is 38.6 Å². The van der Waals surface area contributed by atoms with Crippen molar-refractivity contribution in [2.24, 2.45) is 11.7 Å². The fraction of sp³-hybridized carbons (Fsp3) is 0.571. The van der Waals surface area contributed by atoms with Crippen LogP contribution < -0.4 is 10.5 Å². The van der Waals surface area contributed by atoms with Gasteiger partial charge in [0.05, 0.1) is 6.61 Å². The van der Waals surface area contributed by atoms with E-state index >= 15 is 0 Å². The lowest BCUT2D eigenvalue weighted by Gasteiger charge is -2.21. The maximum absolute atomic E-state index is 6.08. The number of hydrogen-bond donors (Lipinski definition) is 1. The summed E-state index contributed by atoms with van der Waals surface area (Å²) >= 11 is 3.50. The van der Waals surface area contributed by atoms with Crippen molar-refractivity contribution in [1.82, 2.24) is 0 Å². The zero-order chi connectivity index (χ0) is 12.5. The van der Waals surface area contributed by atoms with E-state index in [2.05, 4.69) is 22.0 Å². The summed E-state index contributed by atoms with van der Waals surface area (Å²) in [6.45, 7) is 4.93. The van der Waals surface area contributed by atoms with E-state index in [1.807, 2.05) is 26.0 Å². The minimum atomic E-state index is -0.210. The highest BCUT2D eigenvalue weighted by Crippen LogP contribution is 2.32. The van der Waals surface area contributed by atoms with Gasteiger partial charge in [-0.15, -0.1) is 0 Å². The molecule has 0 radical (unpaired) electrons. The first-order valence-electron chi connectivity index (χ1n) is 6.14. The summed E-state index contributed by atoms with van der Waals surface area (Å²) in [6.07, 6.45) is 3.45. The molecule has 1 fully saturated rings. The van der Waals surface area contributed by atoms with Gasteiger partial charge in [0.15, 0.2) is 0 Å². The van der Waals surface area contributed by atoms with E-state index in [0.717, 1.165) is 29.2 Å². The molecule has 1 aliphatic carbocycles. The lowest BCUT2D eigenvalue weighted by Crippen LogP contribution is -2.34. The molecule has 1 aromatic rings. The Bertz CT molecular complexity index is 394. The predicted octanol–water partition coefficient (Wildman–Crippen LogP) is 3.52. The van der Waals surface area contributed by atoms with Gasteiger partial charge >= 0.3 is 0 Å². The Balaban J connectivity index is 2.11. The average Bonchev–Trinajstić information content (AvgIpc) is 2.97. The first-order chi connectivity index (χ1) is 7.94. The molecule has 17 heavy (non-hydrogen) atoms.